The van der Waals surface area contributed by atoms with Crippen LogP contribution < -0.4 is 4.74 Å². The van der Waals surface area contributed by atoms with E-state index in [1.54, 1.807) is 0 Å². The summed E-state index contributed by atoms with van der Waals surface area (Å²) in [5, 5.41) is 1.08. The van der Waals surface area contributed by atoms with E-state index in [1.807, 2.05) is 0 Å². The molecule has 2 saturated heterocycles. The molecule has 7 nitrogen and oxygen atoms in total. The van der Waals surface area contributed by atoms with Gasteiger partial charge in [0, 0.05) is 20.1 Å². The lowest BCUT2D eigenvalue weighted by atomic mass is 9.94. The molecule has 0 aliphatic carbocycles. The predicted octanol–water partition coefficient (Wildman–Crippen LogP) is 1.12. The van der Waals surface area contributed by atoms with E-state index in [1.165, 1.54) is 7.05 Å². The Balaban J connectivity index is 1.70. The summed E-state index contributed by atoms with van der Waals surface area (Å²) < 4.78 is 66.0. The van der Waals surface area contributed by atoms with Gasteiger partial charge in [0.25, 0.3) is 0 Å². The van der Waals surface area contributed by atoms with Crippen LogP contribution in [-0.4, -0.2) is 55.8 Å². The highest BCUT2D eigenvalue weighted by atomic mass is 32.2. The number of benzene rings is 1. The number of sulfonamides is 1. The number of rotatable bonds is 3. The second-order valence-corrected chi connectivity index (χ2v) is 7.57. The van der Waals surface area contributed by atoms with E-state index < -0.39 is 27.7 Å². The van der Waals surface area contributed by atoms with Gasteiger partial charge in [0.2, 0.25) is 15.9 Å². The van der Waals surface area contributed by atoms with Crippen molar-refractivity contribution in [3.8, 4) is 5.75 Å². The van der Waals surface area contributed by atoms with Gasteiger partial charge in [-0.1, -0.05) is 0 Å². The Morgan fingerprint density at radius 3 is 2.25 bits per heavy atom. The van der Waals surface area contributed by atoms with Crippen molar-refractivity contribution in [2.45, 2.75) is 23.3 Å². The quantitative estimate of drug-likeness (QED) is 0.801. The Kier molecular flexibility index (Phi) is 3.77. The molecule has 24 heavy (non-hydrogen) atoms. The third kappa shape index (κ3) is 3.06. The van der Waals surface area contributed by atoms with Crippen molar-refractivity contribution in [2.24, 2.45) is 0 Å². The molecule has 0 aromatic heterocycles. The fourth-order valence-corrected chi connectivity index (χ4v) is 4.25. The van der Waals surface area contributed by atoms with Gasteiger partial charge in [-0.3, -0.25) is 9.63 Å². The molecule has 0 N–H and O–H groups in total. The number of amides is 1. The lowest BCUT2D eigenvalue weighted by Gasteiger charge is -2.44. The Labute approximate surface area is 135 Å². The Bertz CT molecular complexity index is 757. The summed E-state index contributed by atoms with van der Waals surface area (Å²) >= 11 is 0. The van der Waals surface area contributed by atoms with Crippen LogP contribution in [0.25, 0.3) is 0 Å². The number of hydrogen-bond acceptors (Lipinski definition) is 5. The fraction of sp³-hybridized carbons (Fsp3) is 0.462. The van der Waals surface area contributed by atoms with Crippen molar-refractivity contribution >= 4 is 15.9 Å². The number of nitrogens with zero attached hydrogens (tertiary/aromatic N) is 2. The number of carbonyl (C=O) groups excluding carboxylic acids is 1. The van der Waals surface area contributed by atoms with Crippen LogP contribution in [0.5, 0.6) is 5.75 Å². The van der Waals surface area contributed by atoms with Crippen molar-refractivity contribution in [3.63, 3.8) is 0 Å². The third-order valence-corrected chi connectivity index (χ3v) is 5.59. The van der Waals surface area contributed by atoms with Gasteiger partial charge in [-0.05, 0) is 24.3 Å². The number of ether oxygens (including phenoxy) is 1. The minimum absolute atomic E-state index is 0.00617. The van der Waals surface area contributed by atoms with Crippen LogP contribution in [-0.2, 0) is 19.7 Å². The number of halogens is 3. The normalized spacial score (nSPS) is 21.2. The van der Waals surface area contributed by atoms with Gasteiger partial charge >= 0.3 is 6.36 Å². The van der Waals surface area contributed by atoms with Crippen LogP contribution in [0.1, 0.15) is 6.42 Å². The monoisotopic (exact) mass is 366 g/mol. The van der Waals surface area contributed by atoms with Crippen LogP contribution in [0.2, 0.25) is 0 Å². The lowest BCUT2D eigenvalue weighted by Crippen LogP contribution is -2.63. The first kappa shape index (κ1) is 17.0. The average Bonchev–Trinajstić information content (AvgIpc) is 2.72. The van der Waals surface area contributed by atoms with Crippen LogP contribution in [0.4, 0.5) is 13.2 Å². The van der Waals surface area contributed by atoms with E-state index in [0.717, 1.165) is 33.6 Å². The predicted molar refractivity (Wildman–Crippen MR) is 73.1 cm³/mol. The third-order valence-electron chi connectivity index (χ3n) is 3.78. The van der Waals surface area contributed by atoms with Crippen molar-refractivity contribution in [1.29, 1.82) is 0 Å². The molecule has 2 aliphatic heterocycles. The molecule has 0 atom stereocenters. The van der Waals surface area contributed by atoms with Gasteiger partial charge in [0.15, 0.2) is 0 Å². The minimum atomic E-state index is -4.84. The zero-order chi connectivity index (χ0) is 17.8. The molecular formula is C13H13F3N2O5S. The van der Waals surface area contributed by atoms with Gasteiger partial charge in [0.05, 0.1) is 11.3 Å². The van der Waals surface area contributed by atoms with Crippen molar-refractivity contribution in [3.05, 3.63) is 24.3 Å². The van der Waals surface area contributed by atoms with Gasteiger partial charge in [-0.25, -0.2) is 13.5 Å². The molecular weight excluding hydrogens is 353 g/mol. The molecule has 0 radical (unpaired) electrons. The summed E-state index contributed by atoms with van der Waals surface area (Å²) in [5.41, 5.74) is -0.849. The number of alkyl halides is 3. The molecule has 2 fully saturated rings. The average molecular weight is 366 g/mol. The molecule has 11 heteroatoms. The summed E-state index contributed by atoms with van der Waals surface area (Å²) in [5.74, 6) is -0.742. The Morgan fingerprint density at radius 2 is 1.79 bits per heavy atom. The molecule has 1 aromatic carbocycles. The summed E-state index contributed by atoms with van der Waals surface area (Å²) in [7, 11) is -2.42. The fourth-order valence-electron chi connectivity index (χ4n) is 2.66. The van der Waals surface area contributed by atoms with Crippen molar-refractivity contribution in [2.75, 3.05) is 20.1 Å². The summed E-state index contributed by atoms with van der Waals surface area (Å²) in [4.78, 5) is 16.7. The SMILES string of the molecule is CN1OC2(CC1=O)CN(S(=O)(=O)c1ccc(OC(F)(F)F)cc1)C2. The summed E-state index contributed by atoms with van der Waals surface area (Å²) in [6.07, 6.45) is -4.75. The van der Waals surface area contributed by atoms with E-state index in [2.05, 4.69) is 4.74 Å². The Morgan fingerprint density at radius 1 is 1.21 bits per heavy atom. The molecule has 132 valence electrons. The highest BCUT2D eigenvalue weighted by Crippen LogP contribution is 2.38. The highest BCUT2D eigenvalue weighted by Gasteiger charge is 2.56. The first-order valence-electron chi connectivity index (χ1n) is 6.82. The molecule has 1 aromatic rings. The van der Waals surface area contributed by atoms with Crippen molar-refractivity contribution in [1.82, 2.24) is 9.37 Å². The zero-order valence-corrected chi connectivity index (χ0v) is 13.2. The maximum atomic E-state index is 12.4. The molecule has 2 aliphatic rings. The molecule has 1 spiro atoms. The van der Waals surface area contributed by atoms with Crippen LogP contribution >= 0.6 is 0 Å². The zero-order valence-electron chi connectivity index (χ0n) is 12.4. The maximum Gasteiger partial charge on any atom is 0.573 e. The number of hydrogen-bond donors (Lipinski definition) is 0. The number of hydroxylamine groups is 2. The second kappa shape index (κ2) is 5.33. The molecule has 0 saturated carbocycles. The number of carbonyl (C=O) groups is 1. The van der Waals surface area contributed by atoms with Gasteiger partial charge < -0.3 is 4.74 Å². The highest BCUT2D eigenvalue weighted by molar-refractivity contribution is 7.89. The summed E-state index contributed by atoms with van der Waals surface area (Å²) in [6.45, 7) is 0.0123. The maximum absolute atomic E-state index is 12.4. The lowest BCUT2D eigenvalue weighted by molar-refractivity contribution is -0.274. The minimum Gasteiger partial charge on any atom is -0.406 e. The van der Waals surface area contributed by atoms with Gasteiger partial charge in [0.1, 0.15) is 11.4 Å². The smallest absolute Gasteiger partial charge is 0.406 e. The first-order chi connectivity index (χ1) is 11.0. The van der Waals surface area contributed by atoms with Crippen LogP contribution in [0.15, 0.2) is 29.2 Å². The molecule has 2 heterocycles. The van der Waals surface area contributed by atoms with Gasteiger partial charge in [-0.2, -0.15) is 4.31 Å². The van der Waals surface area contributed by atoms with E-state index in [4.69, 9.17) is 4.84 Å². The summed E-state index contributed by atoms with van der Waals surface area (Å²) in [6, 6.07) is 3.93. The topological polar surface area (TPSA) is 76.2 Å². The van der Waals surface area contributed by atoms with E-state index in [9.17, 15) is 26.4 Å². The first-order valence-corrected chi connectivity index (χ1v) is 8.26. The molecule has 3 rings (SSSR count). The Hall–Kier alpha value is -1.85. The van der Waals surface area contributed by atoms with E-state index in [0.29, 0.717) is 0 Å². The standard InChI is InChI=1S/C13H13F3N2O5S/c1-17-11(19)6-12(23-17)7-18(8-12)24(20,21)10-4-2-9(3-5-10)22-13(14,15)16/h2-5H,6-8H2,1H3. The van der Waals surface area contributed by atoms with Gasteiger partial charge in [-0.15, -0.1) is 13.2 Å². The second-order valence-electron chi connectivity index (χ2n) is 5.63. The van der Waals surface area contributed by atoms with Crippen molar-refractivity contribution < 1.29 is 36.0 Å². The van der Waals surface area contributed by atoms with Crippen LogP contribution in [0.3, 0.4) is 0 Å². The van der Waals surface area contributed by atoms with Crippen LogP contribution in [0, 0.1) is 0 Å². The largest absolute Gasteiger partial charge is 0.573 e. The molecule has 0 unspecified atom stereocenters. The molecule has 0 bridgehead atoms. The molecule has 1 amide bonds. The van der Waals surface area contributed by atoms with E-state index in [-0.39, 0.29) is 30.3 Å². The van der Waals surface area contributed by atoms with E-state index >= 15 is 0 Å².